The Hall–Kier alpha value is -1.10. The van der Waals surface area contributed by atoms with Crippen LogP contribution in [0.15, 0.2) is 0 Å². The summed E-state index contributed by atoms with van der Waals surface area (Å²) in [6.45, 7) is 5.23. The number of carboxylic acids is 1. The van der Waals surface area contributed by atoms with E-state index < -0.39 is 12.0 Å². The summed E-state index contributed by atoms with van der Waals surface area (Å²) in [5, 5.41) is 12.0. The second-order valence-corrected chi connectivity index (χ2v) is 4.91. The summed E-state index contributed by atoms with van der Waals surface area (Å²) in [6, 6.07) is -0.867. The molecule has 1 aliphatic rings. The Bertz CT molecular complexity index is 294. The standard InChI is InChI=1S/C13H24N2O3/c1-3-4-8-14-12(16)10(2)15-9-6-5-7-11(15)13(17)18/h10-11H,3-9H2,1-2H3,(H,14,16)(H,17,18). The van der Waals surface area contributed by atoms with E-state index in [2.05, 4.69) is 12.2 Å². The predicted molar refractivity (Wildman–Crippen MR) is 69.4 cm³/mol. The molecule has 1 heterocycles. The van der Waals surface area contributed by atoms with Gasteiger partial charge < -0.3 is 10.4 Å². The van der Waals surface area contributed by atoms with Crippen molar-refractivity contribution in [2.45, 2.75) is 58.0 Å². The quantitative estimate of drug-likeness (QED) is 0.701. The Morgan fingerprint density at radius 1 is 1.44 bits per heavy atom. The molecule has 0 aromatic heterocycles. The number of amides is 1. The van der Waals surface area contributed by atoms with E-state index >= 15 is 0 Å². The summed E-state index contributed by atoms with van der Waals surface area (Å²) in [6.07, 6.45) is 4.53. The summed E-state index contributed by atoms with van der Waals surface area (Å²) in [4.78, 5) is 24.9. The van der Waals surface area contributed by atoms with E-state index in [9.17, 15) is 14.7 Å². The summed E-state index contributed by atoms with van der Waals surface area (Å²) in [5.41, 5.74) is 0. The molecule has 0 aromatic carbocycles. The van der Waals surface area contributed by atoms with Crippen LogP contribution in [0.5, 0.6) is 0 Å². The van der Waals surface area contributed by atoms with Crippen molar-refractivity contribution in [2.24, 2.45) is 0 Å². The van der Waals surface area contributed by atoms with E-state index in [1.807, 2.05) is 4.90 Å². The summed E-state index contributed by atoms with van der Waals surface area (Å²) in [5.74, 6) is -0.875. The van der Waals surface area contributed by atoms with Crippen LogP contribution in [-0.2, 0) is 9.59 Å². The lowest BCUT2D eigenvalue weighted by atomic mass is 10.00. The van der Waals surface area contributed by atoms with E-state index in [0.717, 1.165) is 25.7 Å². The van der Waals surface area contributed by atoms with Crippen LogP contribution in [0.1, 0.15) is 46.0 Å². The molecule has 0 aromatic rings. The minimum atomic E-state index is -0.817. The van der Waals surface area contributed by atoms with Crippen molar-refractivity contribution < 1.29 is 14.7 Å². The van der Waals surface area contributed by atoms with Gasteiger partial charge in [-0.25, -0.2) is 0 Å². The smallest absolute Gasteiger partial charge is 0.320 e. The van der Waals surface area contributed by atoms with Crippen molar-refractivity contribution in [3.8, 4) is 0 Å². The Balaban J connectivity index is 2.54. The molecule has 0 saturated carbocycles. The van der Waals surface area contributed by atoms with E-state index in [1.165, 1.54) is 0 Å². The third-order valence-electron chi connectivity index (χ3n) is 3.54. The molecule has 0 radical (unpaired) electrons. The van der Waals surface area contributed by atoms with Crippen molar-refractivity contribution in [3.63, 3.8) is 0 Å². The molecule has 0 bridgehead atoms. The van der Waals surface area contributed by atoms with Crippen LogP contribution < -0.4 is 5.32 Å². The highest BCUT2D eigenvalue weighted by Crippen LogP contribution is 2.19. The lowest BCUT2D eigenvalue weighted by Gasteiger charge is -2.36. The van der Waals surface area contributed by atoms with Gasteiger partial charge in [-0.15, -0.1) is 0 Å². The number of hydrogen-bond donors (Lipinski definition) is 2. The highest BCUT2D eigenvalue weighted by atomic mass is 16.4. The third kappa shape index (κ3) is 3.98. The maximum absolute atomic E-state index is 11.9. The first-order chi connectivity index (χ1) is 8.57. The number of unbranched alkanes of at least 4 members (excludes halogenated alkanes) is 1. The second-order valence-electron chi connectivity index (χ2n) is 4.91. The highest BCUT2D eigenvalue weighted by molar-refractivity contribution is 5.82. The Morgan fingerprint density at radius 3 is 2.78 bits per heavy atom. The van der Waals surface area contributed by atoms with E-state index in [1.54, 1.807) is 6.92 Å². The zero-order valence-corrected chi connectivity index (χ0v) is 11.3. The minimum Gasteiger partial charge on any atom is -0.480 e. The fourth-order valence-corrected chi connectivity index (χ4v) is 2.37. The average molecular weight is 256 g/mol. The number of nitrogens with one attached hydrogen (secondary N) is 1. The van der Waals surface area contributed by atoms with Gasteiger partial charge in [0, 0.05) is 6.54 Å². The first-order valence-corrected chi connectivity index (χ1v) is 6.84. The van der Waals surface area contributed by atoms with Crippen molar-refractivity contribution in [1.29, 1.82) is 0 Å². The van der Waals surface area contributed by atoms with Gasteiger partial charge in [0.05, 0.1) is 6.04 Å². The molecule has 18 heavy (non-hydrogen) atoms. The molecule has 104 valence electrons. The van der Waals surface area contributed by atoms with Gasteiger partial charge in [0.2, 0.25) is 5.91 Å². The van der Waals surface area contributed by atoms with Crippen molar-refractivity contribution >= 4 is 11.9 Å². The summed E-state index contributed by atoms with van der Waals surface area (Å²) >= 11 is 0. The second kappa shape index (κ2) is 7.36. The van der Waals surface area contributed by atoms with E-state index in [0.29, 0.717) is 19.5 Å². The van der Waals surface area contributed by atoms with E-state index in [-0.39, 0.29) is 11.9 Å². The molecule has 1 amide bonds. The van der Waals surface area contributed by atoms with Gasteiger partial charge in [-0.1, -0.05) is 19.8 Å². The van der Waals surface area contributed by atoms with Crippen molar-refractivity contribution in [3.05, 3.63) is 0 Å². The number of hydrogen-bond acceptors (Lipinski definition) is 3. The zero-order valence-electron chi connectivity index (χ0n) is 11.3. The van der Waals surface area contributed by atoms with Gasteiger partial charge >= 0.3 is 5.97 Å². The predicted octanol–water partition coefficient (Wildman–Crippen LogP) is 1.23. The summed E-state index contributed by atoms with van der Waals surface area (Å²) in [7, 11) is 0. The van der Waals surface area contributed by atoms with Crippen molar-refractivity contribution in [2.75, 3.05) is 13.1 Å². The van der Waals surface area contributed by atoms with Crippen LogP contribution in [0.4, 0.5) is 0 Å². The van der Waals surface area contributed by atoms with Gasteiger partial charge in [-0.3, -0.25) is 14.5 Å². The molecular weight excluding hydrogens is 232 g/mol. The fraction of sp³-hybridized carbons (Fsp3) is 0.846. The molecule has 1 aliphatic heterocycles. The SMILES string of the molecule is CCCCNC(=O)C(C)N1CCCCC1C(=O)O. The van der Waals surface area contributed by atoms with Crippen LogP contribution in [0.3, 0.4) is 0 Å². The molecule has 0 aliphatic carbocycles. The maximum atomic E-state index is 11.9. The maximum Gasteiger partial charge on any atom is 0.320 e. The molecule has 2 atom stereocenters. The van der Waals surface area contributed by atoms with Gasteiger partial charge in [0.1, 0.15) is 6.04 Å². The third-order valence-corrected chi connectivity index (χ3v) is 3.54. The lowest BCUT2D eigenvalue weighted by Crippen LogP contribution is -2.54. The number of carbonyl (C=O) groups is 2. The largest absolute Gasteiger partial charge is 0.480 e. The topological polar surface area (TPSA) is 69.6 Å². The fourth-order valence-electron chi connectivity index (χ4n) is 2.37. The van der Waals surface area contributed by atoms with Gasteiger partial charge in [0.15, 0.2) is 0 Å². The first kappa shape index (κ1) is 15.0. The molecule has 2 N–H and O–H groups in total. The Kier molecular flexibility index (Phi) is 6.12. The molecule has 2 unspecified atom stereocenters. The van der Waals surface area contributed by atoms with Crippen LogP contribution in [0.2, 0.25) is 0 Å². The number of aliphatic carboxylic acids is 1. The summed E-state index contributed by atoms with van der Waals surface area (Å²) < 4.78 is 0. The monoisotopic (exact) mass is 256 g/mol. The molecule has 1 saturated heterocycles. The lowest BCUT2D eigenvalue weighted by molar-refractivity contribution is -0.147. The van der Waals surface area contributed by atoms with Crippen molar-refractivity contribution in [1.82, 2.24) is 10.2 Å². The zero-order chi connectivity index (χ0) is 13.5. The van der Waals surface area contributed by atoms with E-state index in [4.69, 9.17) is 0 Å². The van der Waals surface area contributed by atoms with Crippen LogP contribution in [0.25, 0.3) is 0 Å². The van der Waals surface area contributed by atoms with Gasteiger partial charge in [-0.2, -0.15) is 0 Å². The van der Waals surface area contributed by atoms with Crippen LogP contribution >= 0.6 is 0 Å². The molecule has 5 heteroatoms. The number of rotatable bonds is 6. The molecule has 1 rings (SSSR count). The highest BCUT2D eigenvalue weighted by Gasteiger charge is 2.34. The Morgan fingerprint density at radius 2 is 2.17 bits per heavy atom. The van der Waals surface area contributed by atoms with Crippen LogP contribution in [0, 0.1) is 0 Å². The molecule has 5 nitrogen and oxygen atoms in total. The average Bonchev–Trinajstić information content (AvgIpc) is 2.38. The number of carbonyl (C=O) groups excluding carboxylic acids is 1. The molecular formula is C13H24N2O3. The number of nitrogens with zero attached hydrogens (tertiary/aromatic N) is 1. The minimum absolute atomic E-state index is 0.0587. The first-order valence-electron chi connectivity index (χ1n) is 6.84. The van der Waals surface area contributed by atoms with Crippen LogP contribution in [-0.4, -0.2) is 47.1 Å². The molecule has 0 spiro atoms. The number of carboxylic acid groups (broad SMARTS) is 1. The Labute approximate surface area is 109 Å². The van der Waals surface area contributed by atoms with Gasteiger partial charge in [0.25, 0.3) is 0 Å². The normalized spacial score (nSPS) is 22.4. The molecule has 1 fully saturated rings. The number of piperidine rings is 1. The number of likely N-dealkylation sites (tertiary alicyclic amines) is 1. The van der Waals surface area contributed by atoms with Gasteiger partial charge in [-0.05, 0) is 32.7 Å².